The molecule has 0 aliphatic carbocycles. The van der Waals surface area contributed by atoms with Crippen LogP contribution in [-0.2, 0) is 29.2 Å². The van der Waals surface area contributed by atoms with Gasteiger partial charge in [0.2, 0.25) is 5.88 Å². The van der Waals surface area contributed by atoms with Gasteiger partial charge in [-0.05, 0) is 84.1 Å². The number of benzene rings is 3. The lowest BCUT2D eigenvalue weighted by molar-refractivity contribution is -0.136. The van der Waals surface area contributed by atoms with E-state index >= 15 is 4.79 Å². The zero-order valence-corrected chi connectivity index (χ0v) is 38.1. The van der Waals surface area contributed by atoms with Gasteiger partial charge in [0.25, 0.3) is 5.91 Å². The fourth-order valence-electron chi connectivity index (χ4n) is 8.58. The molecule has 0 saturated heterocycles. The number of hydrogen-bond acceptors (Lipinski definition) is 8. The van der Waals surface area contributed by atoms with Crippen LogP contribution in [0.2, 0.25) is 0 Å². The Morgan fingerprint density at radius 1 is 0.750 bits per heavy atom. The molecule has 2 heterocycles. The molecule has 2 unspecified atom stereocenters. The van der Waals surface area contributed by atoms with Gasteiger partial charge in [0.05, 0.1) is 48.2 Å². The molecular weight excluding hydrogens is 776 g/mol. The number of imide groups is 1. The van der Waals surface area contributed by atoms with Crippen molar-refractivity contribution in [2.45, 2.75) is 123 Å². The predicted octanol–water partition coefficient (Wildman–Crippen LogP) is 12.0. The molecule has 0 saturated carbocycles. The largest absolute Gasteiger partial charge is 0.494 e. The van der Waals surface area contributed by atoms with Gasteiger partial charge in [0.1, 0.15) is 16.6 Å². The molecule has 1 N–H and O–H groups in total. The van der Waals surface area contributed by atoms with E-state index in [1.165, 1.54) is 7.11 Å². The first-order chi connectivity index (χ1) is 28.4. The standard InChI is InChI=1S/C49H63N2O8P/c1-11-14-30-60(31-15-12-2,32-16-13-3)33-36(43(53)57-10)40(34-24-18-17-19-25-34)49(37-27-21-23-29-39(37)51(44(49)54)46(56)59-48(7,8)9)41-35-26-20-22-28-38(35)50(42(41)52)45(55)58-47(4,5)6/h17-29,33,40H,11-16,30-32H2,1-10H3/p+1/b36-33-. The first-order valence-corrected chi connectivity index (χ1v) is 23.8. The highest BCUT2D eigenvalue weighted by molar-refractivity contribution is 7.78. The summed E-state index contributed by atoms with van der Waals surface area (Å²) in [5.41, 5.74) is -2.20. The van der Waals surface area contributed by atoms with Gasteiger partial charge in [-0.15, -0.1) is 0 Å². The van der Waals surface area contributed by atoms with Crippen LogP contribution in [-0.4, -0.2) is 70.5 Å². The summed E-state index contributed by atoms with van der Waals surface area (Å²) in [7, 11) is -0.741. The maximum Gasteiger partial charge on any atom is 0.421 e. The van der Waals surface area contributed by atoms with Gasteiger partial charge in [0, 0.05) is 24.1 Å². The Hall–Kier alpha value is -4.95. The molecule has 60 heavy (non-hydrogen) atoms. The molecule has 2 amide bonds. The SMILES string of the molecule is CCCC[P+](/C=C(\C(=O)OC)C(c1ccccc1)C1(c2c(O)n(C(=O)OC(C)(C)C)c3ccccc23)C(=O)N(C(=O)OC(C)(C)C)c2ccccc21)(CCCC)CCCC. The molecule has 1 aliphatic rings. The van der Waals surface area contributed by atoms with Crippen molar-refractivity contribution in [2.75, 3.05) is 30.5 Å². The summed E-state index contributed by atoms with van der Waals surface area (Å²) in [6.45, 7) is 16.9. The van der Waals surface area contributed by atoms with Crippen LogP contribution in [0.1, 0.15) is 123 Å². The Labute approximate surface area is 356 Å². The van der Waals surface area contributed by atoms with Crippen molar-refractivity contribution >= 4 is 47.9 Å². The van der Waals surface area contributed by atoms with E-state index in [0.717, 1.165) is 66.5 Å². The second-order valence-corrected chi connectivity index (χ2v) is 21.9. The summed E-state index contributed by atoms with van der Waals surface area (Å²) in [6, 6.07) is 23.1. The number of aromatic hydroxyl groups is 1. The van der Waals surface area contributed by atoms with Gasteiger partial charge in [-0.25, -0.2) is 23.9 Å². The van der Waals surface area contributed by atoms with Crippen molar-refractivity contribution in [3.05, 3.63) is 107 Å². The summed E-state index contributed by atoms with van der Waals surface area (Å²) in [6.07, 6.45) is 6.78. The topological polar surface area (TPSA) is 124 Å². The summed E-state index contributed by atoms with van der Waals surface area (Å²) < 4.78 is 18.6. The average molecular weight is 840 g/mol. The third-order valence-corrected chi connectivity index (χ3v) is 15.5. The molecule has 1 aromatic heterocycles. The lowest BCUT2D eigenvalue weighted by Gasteiger charge is -2.38. The fraction of sp³-hybridized carbons (Fsp3) is 0.469. The van der Waals surface area contributed by atoms with Crippen molar-refractivity contribution in [3.8, 4) is 5.88 Å². The zero-order valence-electron chi connectivity index (χ0n) is 37.2. The van der Waals surface area contributed by atoms with Gasteiger partial charge in [0.15, 0.2) is 0 Å². The summed E-state index contributed by atoms with van der Waals surface area (Å²) in [5, 5.41) is 13.2. The number of para-hydroxylation sites is 2. The molecule has 0 spiro atoms. The van der Waals surface area contributed by atoms with Crippen LogP contribution in [0.15, 0.2) is 90.3 Å². The number of aromatic nitrogens is 1. The van der Waals surface area contributed by atoms with Crippen molar-refractivity contribution in [1.29, 1.82) is 0 Å². The monoisotopic (exact) mass is 839 g/mol. The molecule has 0 bridgehead atoms. The van der Waals surface area contributed by atoms with Crippen LogP contribution in [0.4, 0.5) is 15.3 Å². The number of fused-ring (bicyclic) bond motifs is 2. The van der Waals surface area contributed by atoms with Crippen molar-refractivity contribution < 1.29 is 38.5 Å². The number of rotatable bonds is 15. The summed E-state index contributed by atoms with van der Waals surface area (Å²) in [5.74, 6) is -0.916. The number of methoxy groups -OCH3 is 1. The zero-order chi connectivity index (χ0) is 44.0. The third-order valence-electron chi connectivity index (χ3n) is 11.1. The highest BCUT2D eigenvalue weighted by atomic mass is 31.2. The van der Waals surface area contributed by atoms with Gasteiger partial charge < -0.3 is 19.3 Å². The molecule has 3 aromatic carbocycles. The molecular formula is C49H64N2O8P+. The van der Waals surface area contributed by atoms with Gasteiger partial charge >= 0.3 is 18.2 Å². The van der Waals surface area contributed by atoms with Crippen LogP contribution < -0.4 is 4.90 Å². The molecule has 0 radical (unpaired) electrons. The van der Waals surface area contributed by atoms with Crippen LogP contribution in [0.3, 0.4) is 0 Å². The van der Waals surface area contributed by atoms with E-state index in [-0.39, 0.29) is 22.3 Å². The van der Waals surface area contributed by atoms with Crippen molar-refractivity contribution in [1.82, 2.24) is 4.57 Å². The van der Waals surface area contributed by atoms with Crippen LogP contribution in [0.25, 0.3) is 10.9 Å². The quantitative estimate of drug-likeness (QED) is 0.0543. The summed E-state index contributed by atoms with van der Waals surface area (Å²) in [4.78, 5) is 61.1. The van der Waals surface area contributed by atoms with Gasteiger partial charge in [-0.1, -0.05) is 107 Å². The van der Waals surface area contributed by atoms with E-state index in [4.69, 9.17) is 14.2 Å². The van der Waals surface area contributed by atoms with Gasteiger partial charge in [-0.2, -0.15) is 0 Å². The van der Waals surface area contributed by atoms with E-state index in [1.807, 2.05) is 30.3 Å². The van der Waals surface area contributed by atoms with E-state index in [1.54, 1.807) is 90.1 Å². The van der Waals surface area contributed by atoms with E-state index in [9.17, 15) is 19.5 Å². The highest BCUT2D eigenvalue weighted by Gasteiger charge is 2.64. The molecule has 0 fully saturated rings. The second-order valence-electron chi connectivity index (χ2n) is 17.8. The first kappa shape index (κ1) is 46.1. The Kier molecular flexibility index (Phi) is 14.4. The van der Waals surface area contributed by atoms with Crippen LogP contribution in [0, 0.1) is 0 Å². The molecule has 5 rings (SSSR count). The highest BCUT2D eigenvalue weighted by Crippen LogP contribution is 2.66. The van der Waals surface area contributed by atoms with Crippen LogP contribution >= 0.6 is 7.26 Å². The minimum Gasteiger partial charge on any atom is -0.494 e. The number of unbranched alkanes of at least 4 members (excludes halogenated alkanes) is 3. The number of anilines is 1. The first-order valence-electron chi connectivity index (χ1n) is 21.4. The smallest absolute Gasteiger partial charge is 0.421 e. The molecule has 2 atom stereocenters. The van der Waals surface area contributed by atoms with Crippen molar-refractivity contribution in [2.24, 2.45) is 0 Å². The molecule has 11 heteroatoms. The number of esters is 1. The normalized spacial score (nSPS) is 16.5. The van der Waals surface area contributed by atoms with Gasteiger partial charge in [-0.3, -0.25) is 4.79 Å². The minimum atomic E-state index is -2.09. The number of hydrogen-bond donors (Lipinski definition) is 1. The van der Waals surface area contributed by atoms with Crippen LogP contribution in [0.5, 0.6) is 5.88 Å². The lowest BCUT2D eigenvalue weighted by Crippen LogP contribution is -2.49. The Morgan fingerprint density at radius 3 is 1.82 bits per heavy atom. The third kappa shape index (κ3) is 9.19. The summed E-state index contributed by atoms with van der Waals surface area (Å²) >= 11 is 0. The van der Waals surface area contributed by atoms with E-state index in [2.05, 4.69) is 26.6 Å². The van der Waals surface area contributed by atoms with Crippen molar-refractivity contribution in [3.63, 3.8) is 0 Å². The number of amides is 2. The molecule has 4 aromatic rings. The fourth-order valence-corrected chi connectivity index (χ4v) is 13.3. The Morgan fingerprint density at radius 2 is 1.27 bits per heavy atom. The molecule has 322 valence electrons. The lowest BCUT2D eigenvalue weighted by atomic mass is 9.61. The number of carbonyl (C=O) groups is 4. The Balaban J connectivity index is 2.07. The van der Waals surface area contributed by atoms with E-state index < -0.39 is 59.7 Å². The average Bonchev–Trinajstić information content (AvgIpc) is 3.64. The number of ether oxygens (including phenoxy) is 3. The number of nitrogens with zero attached hydrogens (tertiary/aromatic N) is 2. The second kappa shape index (κ2) is 18.8. The minimum absolute atomic E-state index is 0.0516. The maximum atomic E-state index is 16.3. The predicted molar refractivity (Wildman–Crippen MR) is 242 cm³/mol. The number of carbonyl (C=O) groups excluding carboxylic acids is 4. The molecule has 10 nitrogen and oxygen atoms in total. The molecule has 1 aliphatic heterocycles. The maximum absolute atomic E-state index is 16.3. The Bertz CT molecular complexity index is 2190. The van der Waals surface area contributed by atoms with E-state index in [0.29, 0.717) is 16.5 Å².